The van der Waals surface area contributed by atoms with Gasteiger partial charge in [-0.1, -0.05) is 60.2 Å². The Balaban J connectivity index is 1.70. The van der Waals surface area contributed by atoms with Crippen LogP contribution < -0.4 is 9.64 Å². The molecule has 1 heterocycles. The summed E-state index contributed by atoms with van der Waals surface area (Å²) in [7, 11) is 0. The number of benzene rings is 4. The number of hydrogen-bond acceptors (Lipinski definition) is 4. The molecule has 1 aliphatic rings. The Morgan fingerprint density at radius 2 is 1.46 bits per heavy atom. The lowest BCUT2D eigenvalue weighted by molar-refractivity contribution is -0.132. The molecule has 5 nitrogen and oxygen atoms in total. The summed E-state index contributed by atoms with van der Waals surface area (Å²) in [4.78, 5) is 28.4. The summed E-state index contributed by atoms with van der Waals surface area (Å²) in [6, 6.07) is 28.9. The van der Waals surface area contributed by atoms with Gasteiger partial charge in [0.05, 0.1) is 11.6 Å². The van der Waals surface area contributed by atoms with Crippen LogP contribution in [0.3, 0.4) is 0 Å². The van der Waals surface area contributed by atoms with Gasteiger partial charge in [-0.25, -0.2) is 0 Å². The lowest BCUT2D eigenvalue weighted by Gasteiger charge is -2.26. The van der Waals surface area contributed by atoms with Gasteiger partial charge in [0.15, 0.2) is 0 Å². The zero-order chi connectivity index (χ0) is 26.1. The van der Waals surface area contributed by atoms with E-state index in [9.17, 15) is 14.7 Å². The van der Waals surface area contributed by atoms with Crippen LogP contribution in [0, 0.1) is 20.8 Å². The Labute approximate surface area is 216 Å². The van der Waals surface area contributed by atoms with Gasteiger partial charge >= 0.3 is 0 Å². The molecule has 0 bridgehead atoms. The molecule has 1 amide bonds. The number of nitrogens with zero attached hydrogens (tertiary/aromatic N) is 1. The summed E-state index contributed by atoms with van der Waals surface area (Å²) < 4.78 is 6.04. The molecule has 1 N–H and O–H groups in total. The van der Waals surface area contributed by atoms with Crippen molar-refractivity contribution in [3.05, 3.63) is 130 Å². The minimum Gasteiger partial charge on any atom is -0.507 e. The molecule has 0 aromatic heterocycles. The van der Waals surface area contributed by atoms with Crippen molar-refractivity contribution in [1.82, 2.24) is 0 Å². The number of para-hydroxylation sites is 1. The normalized spacial score (nSPS) is 16.7. The third-order valence-electron chi connectivity index (χ3n) is 6.53. The first-order valence-electron chi connectivity index (χ1n) is 12.1. The molecule has 1 saturated heterocycles. The van der Waals surface area contributed by atoms with E-state index in [1.807, 2.05) is 112 Å². The maximum absolute atomic E-state index is 13.5. The smallest absolute Gasteiger partial charge is 0.300 e. The van der Waals surface area contributed by atoms with Gasteiger partial charge in [0.2, 0.25) is 0 Å². The zero-order valence-electron chi connectivity index (χ0n) is 20.9. The third kappa shape index (κ3) is 4.64. The second kappa shape index (κ2) is 9.78. The van der Waals surface area contributed by atoms with Crippen molar-refractivity contribution in [2.75, 3.05) is 4.90 Å². The molecule has 5 rings (SSSR count). The Bertz CT molecular complexity index is 1540. The van der Waals surface area contributed by atoms with Gasteiger partial charge in [-0.05, 0) is 79.9 Å². The molecular formula is C32H27NO4. The number of amides is 1. The van der Waals surface area contributed by atoms with Crippen LogP contribution in [0.1, 0.15) is 33.9 Å². The van der Waals surface area contributed by atoms with E-state index in [-0.39, 0.29) is 11.3 Å². The Hall–Kier alpha value is -4.64. The number of ketones is 1. The molecule has 0 spiro atoms. The molecule has 0 radical (unpaired) electrons. The Morgan fingerprint density at radius 3 is 2.22 bits per heavy atom. The lowest BCUT2D eigenvalue weighted by atomic mass is 9.93. The molecule has 1 aliphatic heterocycles. The fraction of sp³-hybridized carbons (Fsp3) is 0.125. The van der Waals surface area contributed by atoms with E-state index in [2.05, 4.69) is 0 Å². The summed E-state index contributed by atoms with van der Waals surface area (Å²) in [5, 5.41) is 11.5. The molecule has 1 fully saturated rings. The summed E-state index contributed by atoms with van der Waals surface area (Å²) in [6.45, 7) is 5.72. The van der Waals surface area contributed by atoms with Crippen molar-refractivity contribution in [1.29, 1.82) is 0 Å². The van der Waals surface area contributed by atoms with Crippen molar-refractivity contribution in [3.63, 3.8) is 0 Å². The van der Waals surface area contributed by atoms with Crippen LogP contribution >= 0.6 is 0 Å². The SMILES string of the molecule is Cc1cccc(N2C(=O)C(=O)/C(=C(/O)c3cc(C)ccc3C)C2c2cccc(Oc3ccccc3)c2)c1. The van der Waals surface area contributed by atoms with Gasteiger partial charge in [0, 0.05) is 11.3 Å². The zero-order valence-corrected chi connectivity index (χ0v) is 20.9. The standard InChI is InChI=1S/C32H27NO4/c1-20-9-7-11-24(17-20)33-29(23-10-8-14-26(19-23)37-25-12-5-4-6-13-25)28(31(35)32(33)36)30(34)27-18-21(2)15-16-22(27)3/h4-19,29,34H,1-3H3/b30-28+. The first-order chi connectivity index (χ1) is 17.8. The van der Waals surface area contributed by atoms with E-state index >= 15 is 0 Å². The molecule has 4 aromatic rings. The van der Waals surface area contributed by atoms with Gasteiger partial charge in [0.25, 0.3) is 11.7 Å². The van der Waals surface area contributed by atoms with Gasteiger partial charge in [-0.15, -0.1) is 0 Å². The second-order valence-electron chi connectivity index (χ2n) is 9.31. The van der Waals surface area contributed by atoms with Crippen molar-refractivity contribution < 1.29 is 19.4 Å². The highest BCUT2D eigenvalue weighted by atomic mass is 16.5. The quantitative estimate of drug-likeness (QED) is 0.186. The Morgan fingerprint density at radius 1 is 0.757 bits per heavy atom. The topological polar surface area (TPSA) is 66.8 Å². The highest BCUT2D eigenvalue weighted by Gasteiger charge is 2.47. The maximum Gasteiger partial charge on any atom is 0.300 e. The maximum atomic E-state index is 13.5. The Kier molecular flexibility index (Phi) is 6.36. The van der Waals surface area contributed by atoms with E-state index in [0.29, 0.717) is 28.3 Å². The average molecular weight is 490 g/mol. The number of aliphatic hydroxyl groups excluding tert-OH is 1. The van der Waals surface area contributed by atoms with E-state index in [4.69, 9.17) is 4.74 Å². The molecule has 37 heavy (non-hydrogen) atoms. The highest BCUT2D eigenvalue weighted by Crippen LogP contribution is 2.43. The van der Waals surface area contributed by atoms with E-state index < -0.39 is 17.7 Å². The molecule has 1 atom stereocenters. The molecule has 0 saturated carbocycles. The monoisotopic (exact) mass is 489 g/mol. The largest absolute Gasteiger partial charge is 0.507 e. The van der Waals surface area contributed by atoms with Crippen LogP contribution in [0.4, 0.5) is 5.69 Å². The molecule has 5 heteroatoms. The first-order valence-corrected chi connectivity index (χ1v) is 12.1. The predicted molar refractivity (Wildman–Crippen MR) is 145 cm³/mol. The number of hydrogen-bond donors (Lipinski definition) is 1. The molecular weight excluding hydrogens is 462 g/mol. The van der Waals surface area contributed by atoms with Gasteiger partial charge < -0.3 is 9.84 Å². The van der Waals surface area contributed by atoms with Crippen LogP contribution in [0.25, 0.3) is 5.76 Å². The average Bonchev–Trinajstić information content (AvgIpc) is 3.16. The van der Waals surface area contributed by atoms with Crippen molar-refractivity contribution in [2.45, 2.75) is 26.8 Å². The number of aliphatic hydroxyl groups is 1. The molecule has 4 aromatic carbocycles. The number of rotatable bonds is 5. The van der Waals surface area contributed by atoms with E-state index in [0.717, 1.165) is 16.7 Å². The first kappa shape index (κ1) is 24.1. The summed E-state index contributed by atoms with van der Waals surface area (Å²) >= 11 is 0. The predicted octanol–water partition coefficient (Wildman–Crippen LogP) is 7.03. The number of Topliss-reactive ketones (excluding diaryl/α,β-unsaturated/α-hetero) is 1. The number of carbonyl (C=O) groups excluding carboxylic acids is 2. The number of carbonyl (C=O) groups is 2. The van der Waals surface area contributed by atoms with E-state index in [1.165, 1.54) is 4.90 Å². The molecule has 184 valence electrons. The summed E-state index contributed by atoms with van der Waals surface area (Å²) in [6.07, 6.45) is 0. The van der Waals surface area contributed by atoms with Crippen LogP contribution in [-0.4, -0.2) is 16.8 Å². The third-order valence-corrected chi connectivity index (χ3v) is 6.53. The van der Waals surface area contributed by atoms with Crippen molar-refractivity contribution in [2.24, 2.45) is 0 Å². The van der Waals surface area contributed by atoms with Crippen molar-refractivity contribution >= 4 is 23.1 Å². The number of ether oxygens (including phenoxy) is 1. The number of aryl methyl sites for hydroxylation is 3. The second-order valence-corrected chi connectivity index (χ2v) is 9.31. The van der Waals surface area contributed by atoms with Crippen LogP contribution in [0.5, 0.6) is 11.5 Å². The fourth-order valence-electron chi connectivity index (χ4n) is 4.70. The van der Waals surface area contributed by atoms with Crippen LogP contribution in [0.15, 0.2) is 103 Å². The van der Waals surface area contributed by atoms with Gasteiger partial charge in [-0.2, -0.15) is 0 Å². The minimum atomic E-state index is -0.832. The van der Waals surface area contributed by atoms with Gasteiger partial charge in [0.1, 0.15) is 17.3 Å². The summed E-state index contributed by atoms with van der Waals surface area (Å²) in [5.41, 5.74) is 4.52. The highest BCUT2D eigenvalue weighted by molar-refractivity contribution is 6.51. The molecule has 0 aliphatic carbocycles. The van der Waals surface area contributed by atoms with Gasteiger partial charge in [-0.3, -0.25) is 14.5 Å². The minimum absolute atomic E-state index is 0.0528. The number of anilines is 1. The van der Waals surface area contributed by atoms with Crippen LogP contribution in [-0.2, 0) is 9.59 Å². The van der Waals surface area contributed by atoms with Crippen molar-refractivity contribution in [3.8, 4) is 11.5 Å². The van der Waals surface area contributed by atoms with Crippen LogP contribution in [0.2, 0.25) is 0 Å². The van der Waals surface area contributed by atoms with E-state index in [1.54, 1.807) is 6.07 Å². The lowest BCUT2D eigenvalue weighted by Crippen LogP contribution is -2.29. The molecule has 1 unspecified atom stereocenters. The summed E-state index contributed by atoms with van der Waals surface area (Å²) in [5.74, 6) is -0.363. The fourth-order valence-corrected chi connectivity index (χ4v) is 4.70.